The number of hydrogen-bond donors (Lipinski definition) is 0. The molecule has 0 aliphatic heterocycles. The van der Waals surface area contributed by atoms with Crippen LogP contribution in [0.15, 0.2) is 11.6 Å². The first-order valence-corrected chi connectivity index (χ1v) is 3.78. The first kappa shape index (κ1) is 6.85. The molecule has 0 aromatic rings. The van der Waals surface area contributed by atoms with Crippen molar-refractivity contribution in [3.8, 4) is 0 Å². The van der Waals surface area contributed by atoms with Crippen LogP contribution in [0.5, 0.6) is 0 Å². The monoisotopic (exact) mass is 124 g/mol. The average Bonchev–Trinajstić information content (AvgIpc) is 2.48. The third-order valence-corrected chi connectivity index (χ3v) is 2.30. The summed E-state index contributed by atoms with van der Waals surface area (Å²) in [6.45, 7) is 6.73. The highest BCUT2D eigenvalue weighted by Gasteiger charge is 2.36. The summed E-state index contributed by atoms with van der Waals surface area (Å²) in [4.78, 5) is 0. The van der Waals surface area contributed by atoms with E-state index in [1.165, 1.54) is 19.3 Å². The Labute approximate surface area is 58.0 Å². The summed E-state index contributed by atoms with van der Waals surface area (Å²) in [6, 6.07) is 0. The minimum absolute atomic E-state index is 0.705. The fourth-order valence-corrected chi connectivity index (χ4v) is 1.17. The summed E-state index contributed by atoms with van der Waals surface area (Å²) in [5.74, 6) is 0. The Morgan fingerprint density at radius 1 is 1.56 bits per heavy atom. The van der Waals surface area contributed by atoms with Crippen LogP contribution in [0.25, 0.3) is 0 Å². The lowest BCUT2D eigenvalue weighted by atomic mass is 10.00. The normalized spacial score (nSPS) is 24.1. The Bertz CT molecular complexity index is 127. The van der Waals surface area contributed by atoms with Crippen molar-refractivity contribution in [3.63, 3.8) is 0 Å². The first-order valence-electron chi connectivity index (χ1n) is 3.78. The van der Waals surface area contributed by atoms with Crippen LogP contribution < -0.4 is 0 Å². The minimum atomic E-state index is 0.705. The Morgan fingerprint density at radius 2 is 2.11 bits per heavy atom. The third kappa shape index (κ3) is 1.85. The lowest BCUT2D eigenvalue weighted by Gasteiger charge is -2.06. The van der Waals surface area contributed by atoms with Gasteiger partial charge in [-0.15, -0.1) is 0 Å². The van der Waals surface area contributed by atoms with E-state index in [-0.39, 0.29) is 0 Å². The summed E-state index contributed by atoms with van der Waals surface area (Å²) >= 11 is 0. The standard InChI is InChI=1S/C9H16/c1-4-8(2)7-9(3)5-6-9/h4H,5-7H2,1-3H3. The van der Waals surface area contributed by atoms with Crippen molar-refractivity contribution in [1.82, 2.24) is 0 Å². The van der Waals surface area contributed by atoms with Gasteiger partial charge in [0.15, 0.2) is 0 Å². The smallest absolute Gasteiger partial charge is 0.0269 e. The maximum absolute atomic E-state index is 2.38. The van der Waals surface area contributed by atoms with Gasteiger partial charge in [0.05, 0.1) is 0 Å². The lowest BCUT2D eigenvalue weighted by molar-refractivity contribution is 0.566. The largest absolute Gasteiger partial charge is 0.0887 e. The zero-order chi connectivity index (χ0) is 6.91. The summed E-state index contributed by atoms with van der Waals surface area (Å²) in [6.07, 6.45) is 6.43. The van der Waals surface area contributed by atoms with Gasteiger partial charge in [0.1, 0.15) is 0 Å². The van der Waals surface area contributed by atoms with E-state index in [1.54, 1.807) is 5.57 Å². The van der Waals surface area contributed by atoms with Crippen molar-refractivity contribution in [2.24, 2.45) is 5.41 Å². The zero-order valence-corrected chi connectivity index (χ0v) is 6.70. The van der Waals surface area contributed by atoms with Gasteiger partial charge in [-0.2, -0.15) is 0 Å². The Kier molecular flexibility index (Phi) is 1.65. The van der Waals surface area contributed by atoms with Crippen molar-refractivity contribution in [2.75, 3.05) is 0 Å². The van der Waals surface area contributed by atoms with Crippen LogP contribution in [-0.2, 0) is 0 Å². The molecule has 0 aromatic carbocycles. The molecule has 1 saturated carbocycles. The Morgan fingerprint density at radius 3 is 2.44 bits per heavy atom. The predicted octanol–water partition coefficient (Wildman–Crippen LogP) is 3.14. The lowest BCUT2D eigenvalue weighted by Crippen LogP contribution is -1.92. The molecule has 0 heterocycles. The summed E-state index contributed by atoms with van der Waals surface area (Å²) < 4.78 is 0. The van der Waals surface area contributed by atoms with E-state index >= 15 is 0 Å². The van der Waals surface area contributed by atoms with Gasteiger partial charge >= 0.3 is 0 Å². The van der Waals surface area contributed by atoms with Crippen molar-refractivity contribution < 1.29 is 0 Å². The van der Waals surface area contributed by atoms with E-state index < -0.39 is 0 Å². The van der Waals surface area contributed by atoms with Gasteiger partial charge in [-0.05, 0) is 38.5 Å². The molecular formula is C9H16. The molecule has 0 bridgehead atoms. The molecule has 0 radical (unpaired) electrons. The third-order valence-electron chi connectivity index (χ3n) is 2.30. The topological polar surface area (TPSA) is 0 Å². The van der Waals surface area contributed by atoms with Gasteiger partial charge in [-0.3, -0.25) is 0 Å². The Balaban J connectivity index is 2.33. The van der Waals surface area contributed by atoms with Crippen LogP contribution in [0.2, 0.25) is 0 Å². The molecule has 0 N–H and O–H groups in total. The highest BCUT2D eigenvalue weighted by molar-refractivity contribution is 5.05. The molecular weight excluding hydrogens is 108 g/mol. The van der Waals surface area contributed by atoms with Crippen molar-refractivity contribution in [2.45, 2.75) is 40.0 Å². The number of hydrogen-bond acceptors (Lipinski definition) is 0. The van der Waals surface area contributed by atoms with E-state index in [0.29, 0.717) is 5.41 Å². The summed E-state index contributed by atoms with van der Waals surface area (Å²) in [7, 11) is 0. The molecule has 1 rings (SSSR count). The molecule has 0 nitrogen and oxygen atoms in total. The van der Waals surface area contributed by atoms with Crippen LogP contribution in [-0.4, -0.2) is 0 Å². The fraction of sp³-hybridized carbons (Fsp3) is 0.778. The van der Waals surface area contributed by atoms with Crippen molar-refractivity contribution >= 4 is 0 Å². The molecule has 1 aliphatic carbocycles. The molecule has 0 amide bonds. The van der Waals surface area contributed by atoms with Crippen LogP contribution in [0.1, 0.15) is 40.0 Å². The Hall–Kier alpha value is -0.260. The van der Waals surface area contributed by atoms with Gasteiger partial charge in [0.2, 0.25) is 0 Å². The molecule has 9 heavy (non-hydrogen) atoms. The van der Waals surface area contributed by atoms with Gasteiger partial charge < -0.3 is 0 Å². The fourth-order valence-electron chi connectivity index (χ4n) is 1.17. The van der Waals surface area contributed by atoms with E-state index in [0.717, 1.165) is 0 Å². The van der Waals surface area contributed by atoms with E-state index in [1.807, 2.05) is 0 Å². The highest BCUT2D eigenvalue weighted by Crippen LogP contribution is 2.49. The van der Waals surface area contributed by atoms with Crippen LogP contribution in [0.4, 0.5) is 0 Å². The number of allylic oxidation sites excluding steroid dienone is 2. The van der Waals surface area contributed by atoms with E-state index in [4.69, 9.17) is 0 Å². The summed E-state index contributed by atoms with van der Waals surface area (Å²) in [5, 5.41) is 0. The second-order valence-electron chi connectivity index (χ2n) is 3.62. The second-order valence-corrected chi connectivity index (χ2v) is 3.62. The molecule has 0 spiro atoms. The molecule has 0 atom stereocenters. The van der Waals surface area contributed by atoms with Crippen LogP contribution >= 0.6 is 0 Å². The molecule has 0 unspecified atom stereocenters. The predicted molar refractivity (Wildman–Crippen MR) is 41.4 cm³/mol. The highest BCUT2D eigenvalue weighted by atomic mass is 14.4. The van der Waals surface area contributed by atoms with Gasteiger partial charge in [-0.1, -0.05) is 18.6 Å². The van der Waals surface area contributed by atoms with Gasteiger partial charge in [0.25, 0.3) is 0 Å². The maximum atomic E-state index is 2.38. The molecule has 52 valence electrons. The maximum Gasteiger partial charge on any atom is -0.0269 e. The summed E-state index contributed by atoms with van der Waals surface area (Å²) in [5.41, 5.74) is 2.26. The molecule has 0 saturated heterocycles. The van der Waals surface area contributed by atoms with Crippen molar-refractivity contribution in [1.29, 1.82) is 0 Å². The first-order chi connectivity index (χ1) is 4.16. The van der Waals surface area contributed by atoms with Crippen molar-refractivity contribution in [3.05, 3.63) is 11.6 Å². The molecule has 1 fully saturated rings. The van der Waals surface area contributed by atoms with Crippen LogP contribution in [0.3, 0.4) is 0 Å². The second kappa shape index (κ2) is 2.17. The quantitative estimate of drug-likeness (QED) is 0.496. The van der Waals surface area contributed by atoms with Crippen LogP contribution in [0, 0.1) is 5.41 Å². The van der Waals surface area contributed by atoms with E-state index in [9.17, 15) is 0 Å². The minimum Gasteiger partial charge on any atom is -0.0887 e. The average molecular weight is 124 g/mol. The molecule has 0 heteroatoms. The number of rotatable bonds is 2. The SMILES string of the molecule is CC=C(C)CC1(C)CC1. The molecule has 0 aromatic heterocycles. The molecule has 1 aliphatic rings. The van der Waals surface area contributed by atoms with E-state index in [2.05, 4.69) is 26.8 Å². The van der Waals surface area contributed by atoms with Gasteiger partial charge in [-0.25, -0.2) is 0 Å². The van der Waals surface area contributed by atoms with Gasteiger partial charge in [0, 0.05) is 0 Å². The zero-order valence-electron chi connectivity index (χ0n) is 6.70.